The maximum atomic E-state index is 14.5. The zero-order valence-electron chi connectivity index (χ0n) is 13.1. The Morgan fingerprint density at radius 1 is 1.20 bits per heavy atom. The number of aromatic nitrogens is 1. The fraction of sp³-hybridized carbons (Fsp3) is 0.294. The molecule has 1 aliphatic heterocycles. The SMILES string of the molecule is C[C@H](O)c1cccc2c1C(F)(F)C(=O)N2Cc1cccc(C(F)F)n1. The minimum Gasteiger partial charge on any atom is -0.389 e. The van der Waals surface area contributed by atoms with Crippen LogP contribution >= 0.6 is 0 Å². The monoisotopic (exact) mass is 354 g/mol. The number of rotatable bonds is 4. The number of nitrogens with zero attached hydrogens (tertiary/aromatic N) is 2. The number of alkyl halides is 4. The summed E-state index contributed by atoms with van der Waals surface area (Å²) in [6.07, 6.45) is -3.99. The number of carbonyl (C=O) groups is 1. The lowest BCUT2D eigenvalue weighted by molar-refractivity contribution is -0.141. The number of halogens is 4. The number of benzene rings is 1. The van der Waals surface area contributed by atoms with Gasteiger partial charge in [0.2, 0.25) is 0 Å². The molecule has 0 saturated carbocycles. The Balaban J connectivity index is 2.04. The zero-order valence-corrected chi connectivity index (χ0v) is 13.1. The standard InChI is InChI=1S/C17H14F4N2O2/c1-9(24)11-5-3-7-13-14(11)17(20,21)16(25)23(13)8-10-4-2-6-12(22-10)15(18)19/h2-7,9,15,24H,8H2,1H3/t9-/m0/s1. The fourth-order valence-electron chi connectivity index (χ4n) is 2.89. The first-order chi connectivity index (χ1) is 11.7. The van der Waals surface area contributed by atoms with Gasteiger partial charge in [0.25, 0.3) is 6.43 Å². The van der Waals surface area contributed by atoms with Gasteiger partial charge >= 0.3 is 11.8 Å². The van der Waals surface area contributed by atoms with Crippen LogP contribution in [0.3, 0.4) is 0 Å². The van der Waals surface area contributed by atoms with E-state index in [9.17, 15) is 27.5 Å². The largest absolute Gasteiger partial charge is 0.389 e. The molecule has 4 nitrogen and oxygen atoms in total. The normalized spacial score (nSPS) is 17.1. The van der Waals surface area contributed by atoms with Crippen molar-refractivity contribution < 1.29 is 27.5 Å². The highest BCUT2D eigenvalue weighted by atomic mass is 19.3. The van der Waals surface area contributed by atoms with Gasteiger partial charge in [0.15, 0.2) is 0 Å². The number of hydrogen-bond acceptors (Lipinski definition) is 3. The summed E-state index contributed by atoms with van der Waals surface area (Å²) in [5, 5.41) is 9.72. The lowest BCUT2D eigenvalue weighted by atomic mass is 9.98. The fourth-order valence-corrected chi connectivity index (χ4v) is 2.89. The van der Waals surface area contributed by atoms with Crippen LogP contribution in [0.2, 0.25) is 0 Å². The molecule has 3 rings (SSSR count). The van der Waals surface area contributed by atoms with E-state index in [1.807, 2.05) is 0 Å². The van der Waals surface area contributed by atoms with Crippen LogP contribution in [-0.2, 0) is 17.3 Å². The van der Waals surface area contributed by atoms with Crippen molar-refractivity contribution >= 4 is 11.6 Å². The van der Waals surface area contributed by atoms with Crippen LogP contribution in [0.5, 0.6) is 0 Å². The molecule has 2 heterocycles. The van der Waals surface area contributed by atoms with Gasteiger partial charge in [0.05, 0.1) is 29.6 Å². The molecule has 1 N–H and O–H groups in total. The topological polar surface area (TPSA) is 53.4 Å². The summed E-state index contributed by atoms with van der Waals surface area (Å²) < 4.78 is 54.4. The molecule has 8 heteroatoms. The number of aliphatic hydroxyl groups is 1. The molecule has 0 radical (unpaired) electrons. The van der Waals surface area contributed by atoms with Gasteiger partial charge in [0, 0.05) is 0 Å². The number of pyridine rings is 1. The van der Waals surface area contributed by atoms with Gasteiger partial charge in [-0.05, 0) is 30.7 Å². The Morgan fingerprint density at radius 2 is 1.88 bits per heavy atom. The summed E-state index contributed by atoms with van der Waals surface area (Å²) in [6, 6.07) is 7.93. The number of carbonyl (C=O) groups excluding carboxylic acids is 1. The highest BCUT2D eigenvalue weighted by Crippen LogP contribution is 2.47. The first kappa shape index (κ1) is 17.3. The lowest BCUT2D eigenvalue weighted by Crippen LogP contribution is -2.34. The summed E-state index contributed by atoms with van der Waals surface area (Å²) in [4.78, 5) is 16.7. The minimum atomic E-state index is -3.80. The van der Waals surface area contributed by atoms with E-state index in [-0.39, 0.29) is 23.5 Å². The van der Waals surface area contributed by atoms with Crippen molar-refractivity contribution in [3.8, 4) is 0 Å². The van der Waals surface area contributed by atoms with Crippen LogP contribution in [0, 0.1) is 0 Å². The maximum Gasteiger partial charge on any atom is 0.352 e. The Bertz CT molecular complexity index is 824. The van der Waals surface area contributed by atoms with Gasteiger partial charge in [-0.25, -0.2) is 13.8 Å². The van der Waals surface area contributed by atoms with E-state index in [1.54, 1.807) is 0 Å². The molecule has 0 bridgehead atoms. The number of anilines is 1. The Kier molecular flexibility index (Phi) is 4.24. The van der Waals surface area contributed by atoms with Crippen LogP contribution in [0.15, 0.2) is 36.4 Å². The van der Waals surface area contributed by atoms with Gasteiger partial charge in [0.1, 0.15) is 5.69 Å². The molecular formula is C17H14F4N2O2. The predicted molar refractivity (Wildman–Crippen MR) is 81.4 cm³/mol. The average Bonchev–Trinajstić information content (AvgIpc) is 2.76. The highest BCUT2D eigenvalue weighted by Gasteiger charge is 2.54. The second-order valence-corrected chi connectivity index (χ2v) is 5.74. The highest BCUT2D eigenvalue weighted by molar-refractivity contribution is 6.06. The van der Waals surface area contributed by atoms with E-state index < -0.39 is 35.6 Å². The third kappa shape index (κ3) is 2.86. The predicted octanol–water partition coefficient (Wildman–Crippen LogP) is 3.71. The average molecular weight is 354 g/mol. The third-order valence-corrected chi connectivity index (χ3v) is 4.02. The van der Waals surface area contributed by atoms with Gasteiger partial charge in [-0.15, -0.1) is 0 Å². The molecule has 2 aromatic rings. The molecule has 1 aromatic heterocycles. The van der Waals surface area contributed by atoms with Crippen molar-refractivity contribution in [1.82, 2.24) is 4.98 Å². The first-order valence-electron chi connectivity index (χ1n) is 7.48. The van der Waals surface area contributed by atoms with E-state index in [2.05, 4.69) is 4.98 Å². The minimum absolute atomic E-state index is 0.0485. The molecule has 132 valence electrons. The summed E-state index contributed by atoms with van der Waals surface area (Å²) in [5.74, 6) is -5.27. The number of aliphatic hydroxyl groups excluding tert-OH is 1. The molecule has 0 saturated heterocycles. The molecule has 0 aliphatic carbocycles. The van der Waals surface area contributed by atoms with E-state index in [1.165, 1.54) is 37.3 Å². The molecule has 1 atom stereocenters. The van der Waals surface area contributed by atoms with Gasteiger partial charge < -0.3 is 10.0 Å². The number of fused-ring (bicyclic) bond motifs is 1. The summed E-state index contributed by atoms with van der Waals surface area (Å²) in [6.45, 7) is 0.956. The quantitative estimate of drug-likeness (QED) is 0.852. The van der Waals surface area contributed by atoms with E-state index >= 15 is 0 Å². The lowest BCUT2D eigenvalue weighted by Gasteiger charge is -2.17. The van der Waals surface area contributed by atoms with Crippen LogP contribution in [0.1, 0.15) is 42.0 Å². The number of amides is 1. The van der Waals surface area contributed by atoms with Gasteiger partial charge in [-0.1, -0.05) is 18.2 Å². The van der Waals surface area contributed by atoms with Crippen molar-refractivity contribution in [2.24, 2.45) is 0 Å². The Morgan fingerprint density at radius 3 is 2.52 bits per heavy atom. The van der Waals surface area contributed by atoms with Gasteiger partial charge in [-0.2, -0.15) is 8.78 Å². The van der Waals surface area contributed by atoms with Crippen LogP contribution in [0.25, 0.3) is 0 Å². The van der Waals surface area contributed by atoms with Crippen LogP contribution in [-0.4, -0.2) is 16.0 Å². The summed E-state index contributed by atoms with van der Waals surface area (Å²) in [7, 11) is 0. The molecule has 25 heavy (non-hydrogen) atoms. The number of hydrogen-bond donors (Lipinski definition) is 1. The molecule has 0 unspecified atom stereocenters. The molecule has 0 spiro atoms. The molecule has 1 aromatic carbocycles. The van der Waals surface area contributed by atoms with E-state index in [0.717, 1.165) is 11.0 Å². The second kappa shape index (κ2) is 6.11. The molecular weight excluding hydrogens is 340 g/mol. The molecule has 1 aliphatic rings. The smallest absolute Gasteiger partial charge is 0.352 e. The second-order valence-electron chi connectivity index (χ2n) is 5.74. The van der Waals surface area contributed by atoms with Crippen LogP contribution < -0.4 is 4.90 Å². The Labute approximate surface area is 140 Å². The van der Waals surface area contributed by atoms with Crippen molar-refractivity contribution in [2.75, 3.05) is 4.90 Å². The van der Waals surface area contributed by atoms with Crippen LogP contribution in [0.4, 0.5) is 23.2 Å². The van der Waals surface area contributed by atoms with Gasteiger partial charge in [-0.3, -0.25) is 4.79 Å². The summed E-state index contributed by atoms with van der Waals surface area (Å²) >= 11 is 0. The van der Waals surface area contributed by atoms with Crippen molar-refractivity contribution in [1.29, 1.82) is 0 Å². The van der Waals surface area contributed by atoms with Crippen molar-refractivity contribution in [2.45, 2.75) is 31.9 Å². The summed E-state index contributed by atoms with van der Waals surface area (Å²) in [5.41, 5.74) is -1.09. The first-order valence-corrected chi connectivity index (χ1v) is 7.48. The Hall–Kier alpha value is -2.48. The molecule has 0 fully saturated rings. The van der Waals surface area contributed by atoms with Crippen molar-refractivity contribution in [3.05, 3.63) is 58.9 Å². The van der Waals surface area contributed by atoms with E-state index in [4.69, 9.17) is 0 Å². The van der Waals surface area contributed by atoms with E-state index in [0.29, 0.717) is 0 Å². The maximum absolute atomic E-state index is 14.5. The zero-order chi connectivity index (χ0) is 18.4. The third-order valence-electron chi connectivity index (χ3n) is 4.02. The van der Waals surface area contributed by atoms with Crippen molar-refractivity contribution in [3.63, 3.8) is 0 Å². The molecule has 1 amide bonds.